The van der Waals surface area contributed by atoms with Gasteiger partial charge >= 0.3 is 0 Å². The first kappa shape index (κ1) is 18.9. The summed E-state index contributed by atoms with van der Waals surface area (Å²) in [6.45, 7) is 6.06. The predicted molar refractivity (Wildman–Crippen MR) is 105 cm³/mol. The monoisotopic (exact) mass is 381 g/mol. The Bertz CT molecular complexity index is 849. The fourth-order valence-corrected chi connectivity index (χ4v) is 4.02. The van der Waals surface area contributed by atoms with E-state index in [0.29, 0.717) is 24.9 Å². The van der Waals surface area contributed by atoms with Gasteiger partial charge in [-0.25, -0.2) is 4.98 Å². The molecule has 2 aliphatic rings. The minimum absolute atomic E-state index is 0.0573. The normalized spacial score (nSPS) is 20.4. The first-order valence-electron chi connectivity index (χ1n) is 10.1. The van der Waals surface area contributed by atoms with Gasteiger partial charge in [-0.3, -0.25) is 4.79 Å². The van der Waals surface area contributed by atoms with Crippen molar-refractivity contribution in [2.75, 3.05) is 19.8 Å². The summed E-state index contributed by atoms with van der Waals surface area (Å²) >= 11 is 0. The smallest absolute Gasteiger partial charge is 0.226 e. The molecule has 2 fully saturated rings. The number of hydrogen-bond donors (Lipinski definition) is 0. The van der Waals surface area contributed by atoms with E-state index in [-0.39, 0.29) is 17.9 Å². The van der Waals surface area contributed by atoms with Crippen LogP contribution in [0.1, 0.15) is 48.8 Å². The van der Waals surface area contributed by atoms with Gasteiger partial charge in [0.25, 0.3) is 0 Å². The Morgan fingerprint density at radius 3 is 2.71 bits per heavy atom. The average molecular weight is 381 g/mol. The summed E-state index contributed by atoms with van der Waals surface area (Å²) in [6, 6.07) is 9.64. The molecule has 2 aliphatic heterocycles. The van der Waals surface area contributed by atoms with Gasteiger partial charge in [-0.1, -0.05) is 18.2 Å². The highest BCUT2D eigenvalue weighted by Gasteiger charge is 2.36. The first-order chi connectivity index (χ1) is 13.6. The van der Waals surface area contributed by atoms with Gasteiger partial charge in [-0.15, -0.1) is 0 Å². The van der Waals surface area contributed by atoms with E-state index >= 15 is 0 Å². The molecule has 6 nitrogen and oxygen atoms in total. The van der Waals surface area contributed by atoms with Crippen LogP contribution in [0.2, 0.25) is 0 Å². The second-order valence-electron chi connectivity index (χ2n) is 7.65. The van der Waals surface area contributed by atoms with E-state index in [9.17, 15) is 4.79 Å². The van der Waals surface area contributed by atoms with Crippen LogP contribution >= 0.6 is 0 Å². The van der Waals surface area contributed by atoms with Crippen LogP contribution in [0.15, 0.2) is 30.3 Å². The van der Waals surface area contributed by atoms with Crippen LogP contribution in [0.4, 0.5) is 0 Å². The maximum absolute atomic E-state index is 13.1. The fourth-order valence-electron chi connectivity index (χ4n) is 4.02. The van der Waals surface area contributed by atoms with E-state index in [2.05, 4.69) is 9.97 Å². The molecule has 2 aromatic rings. The lowest BCUT2D eigenvalue weighted by Crippen LogP contribution is -2.38. The van der Waals surface area contributed by atoms with Crippen LogP contribution in [0, 0.1) is 19.8 Å². The molecule has 1 atom stereocenters. The number of amides is 1. The number of carbonyl (C=O) groups excluding carboxylic acids is 1. The molecule has 0 saturated carbocycles. The second-order valence-corrected chi connectivity index (χ2v) is 7.65. The summed E-state index contributed by atoms with van der Waals surface area (Å²) in [4.78, 5) is 24.4. The van der Waals surface area contributed by atoms with Crippen molar-refractivity contribution < 1.29 is 14.3 Å². The number of aromatic nitrogens is 2. The highest BCUT2D eigenvalue weighted by molar-refractivity contribution is 5.79. The molecule has 3 heterocycles. The summed E-state index contributed by atoms with van der Waals surface area (Å²) in [7, 11) is 0. The maximum Gasteiger partial charge on any atom is 0.226 e. The lowest BCUT2D eigenvalue weighted by atomic mass is 9.98. The van der Waals surface area contributed by atoms with Gasteiger partial charge in [0.05, 0.1) is 6.04 Å². The van der Waals surface area contributed by atoms with Crippen LogP contribution in [0.25, 0.3) is 0 Å². The van der Waals surface area contributed by atoms with Crippen molar-refractivity contribution in [3.8, 4) is 11.6 Å². The molecule has 28 heavy (non-hydrogen) atoms. The summed E-state index contributed by atoms with van der Waals surface area (Å²) < 4.78 is 11.4. The van der Waals surface area contributed by atoms with Crippen molar-refractivity contribution in [1.82, 2.24) is 14.9 Å². The topological polar surface area (TPSA) is 64.5 Å². The van der Waals surface area contributed by atoms with E-state index in [1.165, 1.54) is 0 Å². The number of benzene rings is 1. The molecule has 0 spiro atoms. The van der Waals surface area contributed by atoms with Gasteiger partial charge < -0.3 is 14.4 Å². The SMILES string of the molecule is Cc1cc(Oc2ccccc2C)nc([C@H]2CCCN2C(=O)C2CCOCC2)n1. The molecular formula is C22H27N3O3. The van der Waals surface area contributed by atoms with Gasteiger partial charge in [0, 0.05) is 37.4 Å². The van der Waals surface area contributed by atoms with E-state index in [1.54, 1.807) is 0 Å². The zero-order valence-corrected chi connectivity index (χ0v) is 16.6. The largest absolute Gasteiger partial charge is 0.439 e. The summed E-state index contributed by atoms with van der Waals surface area (Å²) in [5.74, 6) is 2.27. The van der Waals surface area contributed by atoms with Crippen molar-refractivity contribution >= 4 is 5.91 Å². The molecular weight excluding hydrogens is 354 g/mol. The number of likely N-dealkylation sites (tertiary alicyclic amines) is 1. The highest BCUT2D eigenvalue weighted by Crippen LogP contribution is 2.34. The first-order valence-corrected chi connectivity index (χ1v) is 10.1. The van der Waals surface area contributed by atoms with Gasteiger partial charge in [0.2, 0.25) is 11.8 Å². The summed E-state index contributed by atoms with van der Waals surface area (Å²) in [5.41, 5.74) is 1.90. The van der Waals surface area contributed by atoms with Crippen molar-refractivity contribution in [2.24, 2.45) is 5.92 Å². The number of nitrogens with zero attached hydrogens (tertiary/aromatic N) is 3. The van der Waals surface area contributed by atoms with Crippen LogP contribution < -0.4 is 4.74 Å². The minimum Gasteiger partial charge on any atom is -0.439 e. The standard InChI is InChI=1S/C22H27N3O3/c1-15-6-3-4-8-19(15)28-20-14-16(2)23-21(24-20)18-7-5-11-25(18)22(26)17-9-12-27-13-10-17/h3-4,6,8,14,17-18H,5,7,9-13H2,1-2H3/t18-/m1/s1. The van der Waals surface area contributed by atoms with Crippen molar-refractivity contribution in [3.05, 3.63) is 47.4 Å². The van der Waals surface area contributed by atoms with Crippen LogP contribution in [0.3, 0.4) is 0 Å². The van der Waals surface area contributed by atoms with Crippen LogP contribution in [-0.4, -0.2) is 40.5 Å². The van der Waals surface area contributed by atoms with Gasteiger partial charge in [-0.05, 0) is 51.2 Å². The van der Waals surface area contributed by atoms with E-state index in [4.69, 9.17) is 9.47 Å². The lowest BCUT2D eigenvalue weighted by molar-refractivity contribution is -0.139. The Morgan fingerprint density at radius 1 is 1.14 bits per heavy atom. The zero-order valence-electron chi connectivity index (χ0n) is 16.6. The number of ether oxygens (including phenoxy) is 2. The quantitative estimate of drug-likeness (QED) is 0.802. The molecule has 0 N–H and O–H groups in total. The third-order valence-corrected chi connectivity index (χ3v) is 5.56. The second kappa shape index (κ2) is 8.27. The number of para-hydroxylation sites is 1. The third kappa shape index (κ3) is 4.02. The van der Waals surface area contributed by atoms with Crippen LogP contribution in [-0.2, 0) is 9.53 Å². The van der Waals surface area contributed by atoms with Gasteiger partial charge in [0.1, 0.15) is 5.75 Å². The molecule has 0 unspecified atom stereocenters. The molecule has 6 heteroatoms. The maximum atomic E-state index is 13.1. The van der Waals surface area contributed by atoms with E-state index in [0.717, 1.165) is 49.2 Å². The molecule has 1 aromatic carbocycles. The van der Waals surface area contributed by atoms with E-state index in [1.807, 2.05) is 49.1 Å². The molecule has 0 bridgehead atoms. The number of aryl methyl sites for hydroxylation is 2. The third-order valence-electron chi connectivity index (χ3n) is 5.56. The Balaban J connectivity index is 1.56. The molecule has 1 amide bonds. The Hall–Kier alpha value is -2.47. The minimum atomic E-state index is -0.0746. The van der Waals surface area contributed by atoms with Crippen molar-refractivity contribution in [1.29, 1.82) is 0 Å². The zero-order chi connectivity index (χ0) is 19.5. The Morgan fingerprint density at radius 2 is 1.93 bits per heavy atom. The molecule has 0 aliphatic carbocycles. The molecule has 0 radical (unpaired) electrons. The molecule has 2 saturated heterocycles. The fraction of sp³-hybridized carbons (Fsp3) is 0.500. The van der Waals surface area contributed by atoms with Crippen LogP contribution in [0.5, 0.6) is 11.6 Å². The summed E-state index contributed by atoms with van der Waals surface area (Å²) in [5, 5.41) is 0. The van der Waals surface area contributed by atoms with Crippen molar-refractivity contribution in [3.63, 3.8) is 0 Å². The molecule has 148 valence electrons. The molecule has 1 aromatic heterocycles. The Kier molecular flexibility index (Phi) is 5.57. The van der Waals surface area contributed by atoms with Crippen molar-refractivity contribution in [2.45, 2.75) is 45.6 Å². The Labute approximate surface area is 165 Å². The predicted octanol–water partition coefficient (Wildman–Crippen LogP) is 3.98. The van der Waals surface area contributed by atoms with Gasteiger partial charge in [-0.2, -0.15) is 4.98 Å². The van der Waals surface area contributed by atoms with Gasteiger partial charge in [0.15, 0.2) is 5.82 Å². The highest BCUT2D eigenvalue weighted by atomic mass is 16.5. The summed E-state index contributed by atoms with van der Waals surface area (Å²) in [6.07, 6.45) is 3.48. The lowest BCUT2D eigenvalue weighted by Gasteiger charge is -2.30. The number of hydrogen-bond acceptors (Lipinski definition) is 5. The average Bonchev–Trinajstić information content (AvgIpc) is 3.19. The number of carbonyl (C=O) groups is 1. The number of rotatable bonds is 4. The van der Waals surface area contributed by atoms with E-state index < -0.39 is 0 Å². The molecule has 4 rings (SSSR count).